The van der Waals surface area contributed by atoms with Gasteiger partial charge in [-0.05, 0) is 58.7 Å². The van der Waals surface area contributed by atoms with Gasteiger partial charge in [0.2, 0.25) is 0 Å². The number of ketones is 1. The minimum absolute atomic E-state index is 0.0121. The molecule has 126 valence electrons. The van der Waals surface area contributed by atoms with Gasteiger partial charge in [-0.2, -0.15) is 0 Å². The van der Waals surface area contributed by atoms with Crippen LogP contribution in [0.3, 0.4) is 0 Å². The second-order valence-electron chi connectivity index (χ2n) is 4.99. The van der Waals surface area contributed by atoms with Crippen molar-refractivity contribution in [2.75, 3.05) is 13.7 Å². The minimum Gasteiger partial charge on any atom is -0.506 e. The Bertz CT molecular complexity index is 804. The van der Waals surface area contributed by atoms with Gasteiger partial charge in [0.05, 0.1) is 11.6 Å². The van der Waals surface area contributed by atoms with Gasteiger partial charge in [-0.15, -0.1) is 0 Å². The number of rotatable bonds is 5. The van der Waals surface area contributed by atoms with Crippen LogP contribution in [-0.2, 0) is 4.74 Å². The molecule has 0 unspecified atom stereocenters. The first-order valence-corrected chi connectivity index (χ1v) is 7.65. The van der Waals surface area contributed by atoms with Crippen LogP contribution >= 0.6 is 15.9 Å². The number of halogens is 2. The molecule has 2 aromatic rings. The summed E-state index contributed by atoms with van der Waals surface area (Å²) in [6.45, 7) is 1.17. The number of carbonyl (C=O) groups is 2. The number of aryl methyl sites for hydroxylation is 1. The van der Waals surface area contributed by atoms with Crippen LogP contribution in [0.15, 0.2) is 34.8 Å². The van der Waals surface area contributed by atoms with Crippen molar-refractivity contribution in [1.29, 1.82) is 0 Å². The molecule has 0 atom stereocenters. The third kappa shape index (κ3) is 3.91. The number of methoxy groups -OCH3 is 1. The Balaban J connectivity index is 2.09. The number of ether oxygens (including phenoxy) is 2. The number of phenolic OH excluding ortho intramolecular Hbond substituents is 1. The Morgan fingerprint density at radius 1 is 1.25 bits per heavy atom. The summed E-state index contributed by atoms with van der Waals surface area (Å²) in [6, 6.07) is 6.78. The second-order valence-corrected chi connectivity index (χ2v) is 5.85. The van der Waals surface area contributed by atoms with Crippen LogP contribution < -0.4 is 4.74 Å². The van der Waals surface area contributed by atoms with E-state index in [9.17, 15) is 19.1 Å². The van der Waals surface area contributed by atoms with Crippen molar-refractivity contribution in [2.24, 2.45) is 0 Å². The predicted molar refractivity (Wildman–Crippen MR) is 88.1 cm³/mol. The molecule has 0 fully saturated rings. The molecular formula is C17H14BrFO5. The van der Waals surface area contributed by atoms with Gasteiger partial charge in [0.15, 0.2) is 24.0 Å². The third-order valence-electron chi connectivity index (χ3n) is 3.24. The minimum atomic E-state index is -0.848. The Labute approximate surface area is 146 Å². The van der Waals surface area contributed by atoms with Crippen molar-refractivity contribution in [3.8, 4) is 11.5 Å². The number of esters is 1. The van der Waals surface area contributed by atoms with Gasteiger partial charge >= 0.3 is 5.97 Å². The zero-order valence-electron chi connectivity index (χ0n) is 12.9. The highest BCUT2D eigenvalue weighted by Crippen LogP contribution is 2.29. The summed E-state index contributed by atoms with van der Waals surface area (Å²) in [4.78, 5) is 24.0. The Morgan fingerprint density at radius 2 is 1.96 bits per heavy atom. The summed E-state index contributed by atoms with van der Waals surface area (Å²) in [5.74, 6) is -2.36. The Kier molecular flexibility index (Phi) is 5.56. The smallest absolute Gasteiger partial charge is 0.342 e. The number of Topliss-reactive ketones (excluding diaryl/α,β-unsaturated/α-hetero) is 1. The molecule has 0 aliphatic rings. The van der Waals surface area contributed by atoms with Gasteiger partial charge in [0.1, 0.15) is 11.3 Å². The van der Waals surface area contributed by atoms with Gasteiger partial charge in [-0.25, -0.2) is 9.18 Å². The van der Waals surface area contributed by atoms with E-state index < -0.39 is 24.2 Å². The maximum Gasteiger partial charge on any atom is 0.342 e. The Morgan fingerprint density at radius 3 is 2.58 bits per heavy atom. The summed E-state index contributed by atoms with van der Waals surface area (Å²) in [5, 5.41) is 9.87. The highest BCUT2D eigenvalue weighted by Gasteiger charge is 2.18. The molecule has 24 heavy (non-hydrogen) atoms. The van der Waals surface area contributed by atoms with Crippen molar-refractivity contribution < 1.29 is 28.6 Å². The van der Waals surface area contributed by atoms with E-state index in [2.05, 4.69) is 15.9 Å². The molecule has 0 saturated carbocycles. The zero-order valence-corrected chi connectivity index (χ0v) is 14.5. The van der Waals surface area contributed by atoms with Crippen LogP contribution in [0.2, 0.25) is 0 Å². The molecule has 0 aliphatic heterocycles. The average molecular weight is 397 g/mol. The summed E-state index contributed by atoms with van der Waals surface area (Å²) >= 11 is 3.13. The summed E-state index contributed by atoms with van der Waals surface area (Å²) in [7, 11) is 1.31. The quantitative estimate of drug-likeness (QED) is 0.616. The largest absolute Gasteiger partial charge is 0.506 e. The highest BCUT2D eigenvalue weighted by molar-refractivity contribution is 9.10. The molecule has 0 aromatic heterocycles. The molecule has 0 heterocycles. The first-order chi connectivity index (χ1) is 11.3. The fraction of sp³-hybridized carbons (Fsp3) is 0.176. The molecule has 7 heteroatoms. The molecular weight excluding hydrogens is 383 g/mol. The molecule has 0 aliphatic carbocycles. The topological polar surface area (TPSA) is 72.8 Å². The fourth-order valence-electron chi connectivity index (χ4n) is 2.02. The van der Waals surface area contributed by atoms with E-state index >= 15 is 0 Å². The zero-order chi connectivity index (χ0) is 17.9. The van der Waals surface area contributed by atoms with E-state index in [1.807, 2.05) is 0 Å². The van der Waals surface area contributed by atoms with E-state index in [4.69, 9.17) is 9.47 Å². The molecule has 2 aromatic carbocycles. The standard InChI is InChI=1S/C17H14BrFO5/c1-9-5-11(16(21)12(18)6-9)17(22)24-8-14(20)10-3-4-15(23-2)13(19)7-10/h3-7,21H,8H2,1-2H3. The SMILES string of the molecule is COc1ccc(C(=O)COC(=O)c2cc(C)cc(Br)c2O)cc1F. The lowest BCUT2D eigenvalue weighted by Crippen LogP contribution is -2.15. The van der Waals surface area contributed by atoms with Gasteiger partial charge in [0.25, 0.3) is 0 Å². The van der Waals surface area contributed by atoms with Crippen LogP contribution in [0.5, 0.6) is 11.5 Å². The molecule has 5 nitrogen and oxygen atoms in total. The van der Waals surface area contributed by atoms with E-state index in [1.165, 1.54) is 25.3 Å². The van der Waals surface area contributed by atoms with E-state index in [-0.39, 0.29) is 22.6 Å². The van der Waals surface area contributed by atoms with E-state index in [0.29, 0.717) is 4.47 Å². The molecule has 0 amide bonds. The van der Waals surface area contributed by atoms with Crippen LogP contribution in [0.25, 0.3) is 0 Å². The van der Waals surface area contributed by atoms with Gasteiger partial charge in [-0.1, -0.05) is 0 Å². The van der Waals surface area contributed by atoms with Crippen LogP contribution in [0.4, 0.5) is 4.39 Å². The first-order valence-electron chi connectivity index (χ1n) is 6.86. The van der Waals surface area contributed by atoms with Gasteiger partial charge in [-0.3, -0.25) is 4.79 Å². The number of phenols is 1. The molecule has 2 rings (SSSR count). The normalized spacial score (nSPS) is 10.3. The van der Waals surface area contributed by atoms with E-state index in [1.54, 1.807) is 13.0 Å². The average Bonchev–Trinajstić information content (AvgIpc) is 2.55. The lowest BCUT2D eigenvalue weighted by molar-refractivity contribution is 0.0471. The maximum absolute atomic E-state index is 13.6. The monoisotopic (exact) mass is 396 g/mol. The van der Waals surface area contributed by atoms with Crippen molar-refractivity contribution in [3.63, 3.8) is 0 Å². The van der Waals surface area contributed by atoms with Gasteiger partial charge < -0.3 is 14.6 Å². The van der Waals surface area contributed by atoms with Crippen molar-refractivity contribution >= 4 is 27.7 Å². The summed E-state index contributed by atoms with van der Waals surface area (Å²) < 4.78 is 23.6. The number of hydrogen-bond acceptors (Lipinski definition) is 5. The lowest BCUT2D eigenvalue weighted by Gasteiger charge is -2.09. The summed E-state index contributed by atoms with van der Waals surface area (Å²) in [6.07, 6.45) is 0. The fourth-order valence-corrected chi connectivity index (χ4v) is 2.60. The molecule has 1 N–H and O–H groups in total. The molecule has 0 spiro atoms. The highest BCUT2D eigenvalue weighted by atomic mass is 79.9. The third-order valence-corrected chi connectivity index (χ3v) is 3.84. The van der Waals surface area contributed by atoms with Crippen LogP contribution in [-0.4, -0.2) is 30.6 Å². The van der Waals surface area contributed by atoms with Crippen molar-refractivity contribution in [2.45, 2.75) is 6.92 Å². The molecule has 0 bridgehead atoms. The molecule has 0 radical (unpaired) electrons. The lowest BCUT2D eigenvalue weighted by atomic mass is 10.1. The van der Waals surface area contributed by atoms with E-state index in [0.717, 1.165) is 11.6 Å². The number of benzene rings is 2. The maximum atomic E-state index is 13.6. The van der Waals surface area contributed by atoms with Crippen LogP contribution in [0, 0.1) is 12.7 Å². The number of hydrogen-bond donors (Lipinski definition) is 1. The van der Waals surface area contributed by atoms with Crippen molar-refractivity contribution in [1.82, 2.24) is 0 Å². The second kappa shape index (κ2) is 7.44. The molecule has 0 saturated heterocycles. The first kappa shape index (κ1) is 17.9. The van der Waals surface area contributed by atoms with Crippen molar-refractivity contribution in [3.05, 3.63) is 57.3 Å². The van der Waals surface area contributed by atoms with Crippen LogP contribution in [0.1, 0.15) is 26.3 Å². The number of aromatic hydroxyl groups is 1. The Hall–Kier alpha value is -2.41. The predicted octanol–water partition coefficient (Wildman–Crippen LogP) is 3.65. The summed E-state index contributed by atoms with van der Waals surface area (Å²) in [5.41, 5.74) is 0.724. The number of carbonyl (C=O) groups excluding carboxylic acids is 2. The van der Waals surface area contributed by atoms with Gasteiger partial charge in [0, 0.05) is 5.56 Å².